The number of hydrogen-bond acceptors (Lipinski definition) is 5. The molecule has 1 heterocycles. The first kappa shape index (κ1) is 13.5. The Morgan fingerprint density at radius 3 is 2.68 bits per heavy atom. The zero-order valence-corrected chi connectivity index (χ0v) is 11.7. The third-order valence-electron chi connectivity index (χ3n) is 3.17. The minimum atomic E-state index is -0.431. The number of rotatable bonds is 4. The minimum Gasteiger partial charge on any atom is -0.490 e. The van der Waals surface area contributed by atoms with Gasteiger partial charge in [-0.3, -0.25) is 10.1 Å². The molecule has 0 unspecified atom stereocenters. The van der Waals surface area contributed by atoms with Crippen LogP contribution < -0.4 is 4.74 Å². The van der Waals surface area contributed by atoms with Crippen molar-refractivity contribution >= 4 is 17.0 Å². The fourth-order valence-electron chi connectivity index (χ4n) is 1.89. The number of aromatic nitrogens is 1. The molecule has 19 heavy (non-hydrogen) atoms. The lowest BCUT2D eigenvalue weighted by Crippen LogP contribution is -2.19. The summed E-state index contributed by atoms with van der Waals surface area (Å²) in [6, 6.07) is 5.02. The van der Waals surface area contributed by atoms with Gasteiger partial charge >= 0.3 is 5.69 Å². The highest BCUT2D eigenvalue weighted by molar-refractivity contribution is 7.07. The third kappa shape index (κ3) is 2.44. The molecular weight excluding hydrogens is 264 g/mol. The third-order valence-corrected chi connectivity index (χ3v) is 3.76. The maximum Gasteiger partial charge on any atom is 0.311 e. The minimum absolute atomic E-state index is 0.0247. The average molecular weight is 278 g/mol. The van der Waals surface area contributed by atoms with Gasteiger partial charge in [0.25, 0.3) is 0 Å². The first-order valence-electron chi connectivity index (χ1n) is 5.68. The number of methoxy groups -OCH3 is 1. The number of thiazole rings is 1. The quantitative estimate of drug-likeness (QED) is 0.635. The molecular formula is C13H14N2O3S. The van der Waals surface area contributed by atoms with Crippen molar-refractivity contribution in [2.45, 2.75) is 19.3 Å². The highest BCUT2D eigenvalue weighted by Gasteiger charge is 2.28. The predicted octanol–water partition coefficient (Wildman–Crippen LogP) is 3.39. The monoisotopic (exact) mass is 278 g/mol. The Morgan fingerprint density at radius 1 is 1.42 bits per heavy atom. The van der Waals surface area contributed by atoms with Crippen molar-refractivity contribution in [3.8, 4) is 5.75 Å². The topological polar surface area (TPSA) is 65.3 Å². The molecule has 0 saturated heterocycles. The number of nitrogens with zero attached hydrogens (tertiary/aromatic N) is 2. The number of benzene rings is 1. The Labute approximate surface area is 115 Å². The summed E-state index contributed by atoms with van der Waals surface area (Å²) in [7, 11) is 1.42. The molecule has 0 saturated carbocycles. The Hall–Kier alpha value is -1.95. The van der Waals surface area contributed by atoms with Crippen LogP contribution in [0.5, 0.6) is 5.75 Å². The van der Waals surface area contributed by atoms with Crippen LogP contribution in [0.25, 0.3) is 0 Å². The maximum atomic E-state index is 11.1. The van der Waals surface area contributed by atoms with E-state index in [2.05, 4.69) is 4.98 Å². The normalized spacial score (nSPS) is 11.3. The van der Waals surface area contributed by atoms with E-state index in [9.17, 15) is 10.1 Å². The van der Waals surface area contributed by atoms with Crippen molar-refractivity contribution in [3.05, 3.63) is 50.5 Å². The summed E-state index contributed by atoms with van der Waals surface area (Å²) in [6.07, 6.45) is 0. The molecule has 0 aliphatic heterocycles. The molecule has 6 heteroatoms. The van der Waals surface area contributed by atoms with Crippen LogP contribution in [0, 0.1) is 10.1 Å². The first-order chi connectivity index (χ1) is 8.96. The van der Waals surface area contributed by atoms with Crippen LogP contribution in [0.2, 0.25) is 0 Å². The lowest BCUT2D eigenvalue weighted by atomic mass is 9.82. The molecule has 5 nitrogen and oxygen atoms in total. The van der Waals surface area contributed by atoms with Gasteiger partial charge in [0.1, 0.15) is 0 Å². The van der Waals surface area contributed by atoms with Crippen LogP contribution in [-0.4, -0.2) is 17.0 Å². The van der Waals surface area contributed by atoms with Crippen molar-refractivity contribution in [2.24, 2.45) is 0 Å². The second kappa shape index (κ2) is 4.97. The molecule has 2 rings (SSSR count). The van der Waals surface area contributed by atoms with Gasteiger partial charge < -0.3 is 4.74 Å². The van der Waals surface area contributed by atoms with Gasteiger partial charge in [-0.15, -0.1) is 11.3 Å². The van der Waals surface area contributed by atoms with E-state index in [1.807, 2.05) is 25.3 Å². The van der Waals surface area contributed by atoms with E-state index < -0.39 is 4.92 Å². The molecule has 0 N–H and O–H groups in total. The van der Waals surface area contributed by atoms with E-state index in [0.717, 1.165) is 11.3 Å². The second-order valence-corrected chi connectivity index (χ2v) is 5.36. The number of nitro benzene ring substituents is 1. The summed E-state index contributed by atoms with van der Waals surface area (Å²) in [5, 5.41) is 13.0. The fourth-order valence-corrected chi connectivity index (χ4v) is 2.61. The number of hydrogen-bond donors (Lipinski definition) is 0. The van der Waals surface area contributed by atoms with Crippen LogP contribution >= 0.6 is 11.3 Å². The van der Waals surface area contributed by atoms with Gasteiger partial charge in [0, 0.05) is 16.9 Å². The van der Waals surface area contributed by atoms with Gasteiger partial charge in [-0.2, -0.15) is 0 Å². The molecule has 0 amide bonds. The molecule has 0 aliphatic rings. The van der Waals surface area contributed by atoms with Gasteiger partial charge in [-0.1, -0.05) is 19.9 Å². The zero-order chi connectivity index (χ0) is 14.0. The highest BCUT2D eigenvalue weighted by Crippen LogP contribution is 2.36. The van der Waals surface area contributed by atoms with Crippen molar-refractivity contribution in [1.82, 2.24) is 4.98 Å². The number of ether oxygens (including phenoxy) is 1. The van der Waals surface area contributed by atoms with E-state index in [1.54, 1.807) is 17.6 Å². The molecule has 100 valence electrons. The Balaban J connectivity index is 2.52. The SMILES string of the molecule is COc1ccc(C(C)(C)c2cscn2)cc1[N+](=O)[O-]. The van der Waals surface area contributed by atoms with Crippen LogP contribution in [0.1, 0.15) is 25.1 Å². The smallest absolute Gasteiger partial charge is 0.311 e. The van der Waals surface area contributed by atoms with Gasteiger partial charge in [0.15, 0.2) is 5.75 Å². The van der Waals surface area contributed by atoms with Crippen LogP contribution in [0.15, 0.2) is 29.1 Å². The average Bonchev–Trinajstić information content (AvgIpc) is 2.92. The number of nitro groups is 1. The molecule has 1 aromatic carbocycles. The van der Waals surface area contributed by atoms with E-state index >= 15 is 0 Å². The van der Waals surface area contributed by atoms with Crippen LogP contribution in [0.3, 0.4) is 0 Å². The molecule has 2 aromatic rings. The summed E-state index contributed by atoms with van der Waals surface area (Å²) < 4.78 is 5.01. The Kier molecular flexibility index (Phi) is 3.53. The van der Waals surface area contributed by atoms with Gasteiger partial charge in [-0.05, 0) is 11.6 Å². The molecule has 1 aromatic heterocycles. The summed E-state index contributed by atoms with van der Waals surface area (Å²) in [6.45, 7) is 3.99. The Morgan fingerprint density at radius 2 is 2.16 bits per heavy atom. The molecule has 0 bridgehead atoms. The lowest BCUT2D eigenvalue weighted by Gasteiger charge is -2.23. The van der Waals surface area contributed by atoms with Crippen molar-refractivity contribution in [3.63, 3.8) is 0 Å². The zero-order valence-electron chi connectivity index (χ0n) is 10.9. The predicted molar refractivity (Wildman–Crippen MR) is 73.9 cm³/mol. The van der Waals surface area contributed by atoms with Gasteiger partial charge in [0.05, 0.1) is 23.2 Å². The summed E-state index contributed by atoms with van der Waals surface area (Å²) in [5.74, 6) is 0.267. The summed E-state index contributed by atoms with van der Waals surface area (Å²) in [5.41, 5.74) is 3.10. The van der Waals surface area contributed by atoms with Gasteiger partial charge in [0.2, 0.25) is 0 Å². The molecule has 0 radical (unpaired) electrons. The second-order valence-electron chi connectivity index (χ2n) is 4.64. The molecule has 0 fully saturated rings. The fraction of sp³-hybridized carbons (Fsp3) is 0.308. The molecule has 0 aliphatic carbocycles. The van der Waals surface area contributed by atoms with Gasteiger partial charge in [-0.25, -0.2) is 4.98 Å². The standard InChI is InChI=1S/C13H14N2O3S/c1-13(2,12-7-19-8-14-12)9-4-5-11(18-3)10(6-9)15(16)17/h4-8H,1-3H3. The van der Waals surface area contributed by atoms with Crippen LogP contribution in [-0.2, 0) is 5.41 Å². The summed E-state index contributed by atoms with van der Waals surface area (Å²) in [4.78, 5) is 14.9. The Bertz CT molecular complexity index is 594. The lowest BCUT2D eigenvalue weighted by molar-refractivity contribution is -0.385. The van der Waals surface area contributed by atoms with Crippen molar-refractivity contribution in [2.75, 3.05) is 7.11 Å². The first-order valence-corrected chi connectivity index (χ1v) is 6.62. The van der Waals surface area contributed by atoms with E-state index in [-0.39, 0.29) is 16.9 Å². The van der Waals surface area contributed by atoms with Crippen molar-refractivity contribution < 1.29 is 9.66 Å². The molecule has 0 spiro atoms. The highest BCUT2D eigenvalue weighted by atomic mass is 32.1. The van der Waals surface area contributed by atoms with E-state index in [1.165, 1.54) is 18.4 Å². The van der Waals surface area contributed by atoms with Crippen LogP contribution in [0.4, 0.5) is 5.69 Å². The van der Waals surface area contributed by atoms with Crippen molar-refractivity contribution in [1.29, 1.82) is 0 Å². The molecule has 0 atom stereocenters. The van der Waals surface area contributed by atoms with E-state index in [4.69, 9.17) is 4.74 Å². The largest absolute Gasteiger partial charge is 0.490 e. The summed E-state index contributed by atoms with van der Waals surface area (Å²) >= 11 is 1.51. The maximum absolute atomic E-state index is 11.1. The van der Waals surface area contributed by atoms with E-state index in [0.29, 0.717) is 0 Å².